The van der Waals surface area contributed by atoms with Crippen LogP contribution in [0, 0.1) is 0 Å². The zero-order valence-corrected chi connectivity index (χ0v) is 10.8. The molecule has 0 rings (SSSR count). The first-order valence-electron chi connectivity index (χ1n) is 0.698. The van der Waals surface area contributed by atoms with Crippen molar-refractivity contribution < 1.29 is 46.6 Å². The van der Waals surface area contributed by atoms with Gasteiger partial charge in [-0.1, -0.05) is 0 Å². The Morgan fingerprint density at radius 3 is 1.14 bits per heavy atom. The molecule has 7 heteroatoms. The van der Waals surface area contributed by atoms with Gasteiger partial charge in [-0.2, -0.15) is 0 Å². The van der Waals surface area contributed by atoms with Gasteiger partial charge in [0.2, 0.25) is 0 Å². The molecule has 0 saturated carbocycles. The summed E-state index contributed by atoms with van der Waals surface area (Å²) in [5, 5.41) is 0. The van der Waals surface area contributed by atoms with E-state index in [2.05, 4.69) is 0 Å². The van der Waals surface area contributed by atoms with Gasteiger partial charge in [0.1, 0.15) is 0 Å². The fourth-order valence-electron chi connectivity index (χ4n) is 0. The van der Waals surface area contributed by atoms with Crippen LogP contribution in [0.15, 0.2) is 0 Å². The van der Waals surface area contributed by atoms with Crippen molar-refractivity contribution in [3.8, 4) is 0 Å². The van der Waals surface area contributed by atoms with Crippen molar-refractivity contribution in [2.75, 3.05) is 0 Å². The average molecular weight is 394 g/mol. The SMILES string of the molecule is [BiH3].[Cu].[O]=[Cr](=[O])([OH])[OH]. The summed E-state index contributed by atoms with van der Waals surface area (Å²) in [4.78, 5) is 0. The second kappa shape index (κ2) is 5.59. The van der Waals surface area contributed by atoms with Crippen molar-refractivity contribution >= 4 is 26.2 Å². The molecule has 0 aliphatic rings. The van der Waals surface area contributed by atoms with Crippen molar-refractivity contribution in [2.24, 2.45) is 0 Å². The quantitative estimate of drug-likeness (QED) is 0.445. The molecule has 0 aromatic heterocycles. The summed E-state index contributed by atoms with van der Waals surface area (Å²) in [5.41, 5.74) is 0. The van der Waals surface area contributed by atoms with E-state index >= 15 is 0 Å². The van der Waals surface area contributed by atoms with E-state index in [1.165, 1.54) is 0 Å². The molecule has 0 unspecified atom stereocenters. The molecule has 0 saturated heterocycles. The molecule has 2 N–H and O–H groups in total. The molecule has 0 fully saturated rings. The van der Waals surface area contributed by atoms with Gasteiger partial charge < -0.3 is 0 Å². The molecule has 0 heterocycles. The summed E-state index contributed by atoms with van der Waals surface area (Å²) in [6, 6.07) is 0. The summed E-state index contributed by atoms with van der Waals surface area (Å²) < 4.78 is 31.9. The summed E-state index contributed by atoms with van der Waals surface area (Å²) in [6.45, 7) is 0. The number of hydrogen-bond acceptors (Lipinski definition) is 2. The molecule has 51 valence electrons. The normalized spacial score (nSPS) is 8.29. The van der Waals surface area contributed by atoms with Crippen LogP contribution < -0.4 is 0 Å². The molecular weight excluding hydrogens is 389 g/mol. The zero-order valence-electron chi connectivity index (χ0n) is 3.13. The molecule has 0 atom stereocenters. The van der Waals surface area contributed by atoms with Crippen LogP contribution in [0.25, 0.3) is 0 Å². The van der Waals surface area contributed by atoms with Gasteiger partial charge in [0.25, 0.3) is 0 Å². The molecule has 0 aromatic rings. The molecular formula is H5BiCrCuO4. The second-order valence-electron chi connectivity index (χ2n) is 0.448. The monoisotopic (exact) mass is 393 g/mol. The van der Waals surface area contributed by atoms with Crippen LogP contribution in [0.3, 0.4) is 0 Å². The predicted molar refractivity (Wildman–Crippen MR) is 15.7 cm³/mol. The van der Waals surface area contributed by atoms with Crippen LogP contribution in [0.1, 0.15) is 0 Å². The molecule has 0 aliphatic heterocycles. The molecule has 0 amide bonds. The average Bonchev–Trinajstić information content (AvgIpc) is 0.722. The zero-order chi connectivity index (χ0) is 4.50. The van der Waals surface area contributed by atoms with Crippen LogP contribution >= 0.6 is 0 Å². The molecule has 0 aromatic carbocycles. The Morgan fingerprint density at radius 1 is 1.14 bits per heavy atom. The Bertz CT molecular complexity index is 94.9. The van der Waals surface area contributed by atoms with E-state index in [-0.39, 0.29) is 43.3 Å². The maximum atomic E-state index is 8.82. The molecule has 7 heavy (non-hydrogen) atoms. The summed E-state index contributed by atoms with van der Waals surface area (Å²) in [6.07, 6.45) is 0. The first kappa shape index (κ1) is 15.8. The van der Waals surface area contributed by atoms with Gasteiger partial charge in [0.05, 0.1) is 0 Å². The molecule has 0 spiro atoms. The van der Waals surface area contributed by atoms with Crippen LogP contribution in [0.4, 0.5) is 0 Å². The van der Waals surface area contributed by atoms with Crippen LogP contribution in [0.5, 0.6) is 0 Å². The summed E-state index contributed by atoms with van der Waals surface area (Å²) in [7, 11) is 0. The van der Waals surface area contributed by atoms with Gasteiger partial charge in [0.15, 0.2) is 0 Å². The minimum atomic E-state index is -5.25. The van der Waals surface area contributed by atoms with Crippen LogP contribution in [-0.2, 0) is 38.3 Å². The Balaban J connectivity index is -0.0000000800. The van der Waals surface area contributed by atoms with Crippen molar-refractivity contribution in [3.63, 3.8) is 0 Å². The van der Waals surface area contributed by atoms with E-state index in [9.17, 15) is 0 Å². The van der Waals surface area contributed by atoms with Gasteiger partial charge in [-0.3, -0.25) is 0 Å². The van der Waals surface area contributed by atoms with Gasteiger partial charge in [-0.15, -0.1) is 0 Å². The van der Waals surface area contributed by atoms with Crippen LogP contribution in [-0.4, -0.2) is 34.5 Å². The Morgan fingerprint density at radius 2 is 1.14 bits per heavy atom. The van der Waals surface area contributed by atoms with E-state index in [1.54, 1.807) is 0 Å². The van der Waals surface area contributed by atoms with Gasteiger partial charge in [0, 0.05) is 17.1 Å². The van der Waals surface area contributed by atoms with E-state index in [1.807, 2.05) is 0 Å². The molecule has 0 bridgehead atoms. The topological polar surface area (TPSA) is 74.6 Å². The van der Waals surface area contributed by atoms with E-state index in [4.69, 9.17) is 15.9 Å². The van der Waals surface area contributed by atoms with Crippen molar-refractivity contribution in [1.82, 2.24) is 0 Å². The van der Waals surface area contributed by atoms with Crippen molar-refractivity contribution in [3.05, 3.63) is 0 Å². The van der Waals surface area contributed by atoms with Crippen LogP contribution in [0.2, 0.25) is 0 Å². The fraction of sp³-hybridized carbons (Fsp3) is 0. The van der Waals surface area contributed by atoms with Gasteiger partial charge in [-0.25, -0.2) is 0 Å². The summed E-state index contributed by atoms with van der Waals surface area (Å²) in [5.74, 6) is 0. The first-order valence-corrected chi connectivity index (χ1v) is 2.88. The first-order chi connectivity index (χ1) is 2.00. The fourth-order valence-corrected chi connectivity index (χ4v) is 0. The van der Waals surface area contributed by atoms with Crippen molar-refractivity contribution in [1.29, 1.82) is 0 Å². The van der Waals surface area contributed by atoms with E-state index < -0.39 is 13.6 Å². The number of rotatable bonds is 0. The molecule has 1 radical (unpaired) electrons. The molecule has 0 aliphatic carbocycles. The Labute approximate surface area is 72.3 Å². The standard InChI is InChI=1S/Bi.Cr.Cu.2H2O.2O.3H/h;;;2*1H2;;;;;/q;+2;;;;;;;;/p-2. The predicted octanol–water partition coefficient (Wildman–Crippen LogP) is -2.54. The minimum absolute atomic E-state index is 0. The van der Waals surface area contributed by atoms with Gasteiger partial charge in [-0.05, 0) is 0 Å². The maximum absolute atomic E-state index is 8.82. The molecule has 4 nitrogen and oxygen atoms in total. The third kappa shape index (κ3) is 105. The second-order valence-corrected chi connectivity index (χ2v) is 1.85. The van der Waals surface area contributed by atoms with Gasteiger partial charge >= 0.3 is 55.7 Å². The third-order valence-corrected chi connectivity index (χ3v) is 0. The van der Waals surface area contributed by atoms with Crippen molar-refractivity contribution in [2.45, 2.75) is 0 Å². The Kier molecular flexibility index (Phi) is 12.6. The summed E-state index contributed by atoms with van der Waals surface area (Å²) >= 11 is -5.25. The van der Waals surface area contributed by atoms with E-state index in [0.717, 1.165) is 0 Å². The number of hydrogen-bond donors (Lipinski definition) is 2. The van der Waals surface area contributed by atoms with E-state index in [0.29, 0.717) is 0 Å². The third-order valence-electron chi connectivity index (χ3n) is 0. The Hall–Kier alpha value is 1.46.